The van der Waals surface area contributed by atoms with Gasteiger partial charge in [0.2, 0.25) is 0 Å². The third-order valence-corrected chi connectivity index (χ3v) is 7.52. The highest BCUT2D eigenvalue weighted by Gasteiger charge is 2.22. The second-order valence-corrected chi connectivity index (χ2v) is 10.6. The van der Waals surface area contributed by atoms with Crippen LogP contribution in [-0.2, 0) is 16.6 Å². The van der Waals surface area contributed by atoms with E-state index in [0.29, 0.717) is 11.3 Å². The van der Waals surface area contributed by atoms with E-state index < -0.39 is 10.0 Å². The Hall–Kier alpha value is -3.36. The molecular weight excluding hydrogens is 462 g/mol. The summed E-state index contributed by atoms with van der Waals surface area (Å²) in [7, 11) is -2.14. The number of likely N-dealkylation sites (tertiary alicyclic amines) is 1. The second kappa shape index (κ2) is 10.9. The van der Waals surface area contributed by atoms with Crippen LogP contribution in [0.15, 0.2) is 77.7 Å². The van der Waals surface area contributed by atoms with E-state index >= 15 is 0 Å². The Morgan fingerprint density at radius 3 is 2.49 bits per heavy atom. The number of amides is 1. The molecule has 1 fully saturated rings. The van der Waals surface area contributed by atoms with Gasteiger partial charge in [0.25, 0.3) is 15.9 Å². The van der Waals surface area contributed by atoms with E-state index in [-0.39, 0.29) is 16.8 Å². The topological polar surface area (TPSA) is 87.7 Å². The van der Waals surface area contributed by atoms with Gasteiger partial charge in [-0.1, -0.05) is 30.3 Å². The third kappa shape index (κ3) is 6.61. The van der Waals surface area contributed by atoms with Crippen molar-refractivity contribution in [2.24, 2.45) is 0 Å². The maximum atomic E-state index is 12.9. The lowest BCUT2D eigenvalue weighted by molar-refractivity contribution is 0.0908. The van der Waals surface area contributed by atoms with Crippen molar-refractivity contribution in [1.29, 1.82) is 0 Å². The number of sulfonamides is 1. The molecule has 0 bridgehead atoms. The smallest absolute Gasteiger partial charge is 0.261 e. The van der Waals surface area contributed by atoms with Crippen molar-refractivity contribution in [3.05, 3.63) is 89.5 Å². The summed E-state index contributed by atoms with van der Waals surface area (Å²) < 4.78 is 33.6. The summed E-state index contributed by atoms with van der Waals surface area (Å²) in [6.07, 6.45) is 1.67. The molecule has 0 radical (unpaired) electrons. The zero-order valence-corrected chi connectivity index (χ0v) is 20.8. The van der Waals surface area contributed by atoms with Crippen molar-refractivity contribution < 1.29 is 17.9 Å². The Morgan fingerprint density at radius 1 is 1.00 bits per heavy atom. The van der Waals surface area contributed by atoms with Crippen LogP contribution in [0.2, 0.25) is 0 Å². The van der Waals surface area contributed by atoms with Crippen LogP contribution in [-0.4, -0.2) is 45.5 Å². The van der Waals surface area contributed by atoms with Crippen LogP contribution in [0.4, 0.5) is 5.69 Å². The summed E-state index contributed by atoms with van der Waals surface area (Å²) in [5.74, 6) is 0.590. The van der Waals surface area contributed by atoms with Gasteiger partial charge in [-0.3, -0.25) is 14.4 Å². The molecule has 0 saturated carbocycles. The molecule has 1 amide bonds. The van der Waals surface area contributed by atoms with Crippen molar-refractivity contribution in [3.8, 4) is 5.75 Å². The van der Waals surface area contributed by atoms with Gasteiger partial charge < -0.3 is 10.1 Å². The quantitative estimate of drug-likeness (QED) is 0.491. The number of piperidine rings is 1. The van der Waals surface area contributed by atoms with E-state index in [1.165, 1.54) is 17.7 Å². The number of aryl methyl sites for hydroxylation is 1. The lowest BCUT2D eigenvalue weighted by Gasteiger charge is -2.32. The summed E-state index contributed by atoms with van der Waals surface area (Å²) in [4.78, 5) is 15.3. The Balaban J connectivity index is 1.33. The van der Waals surface area contributed by atoms with Crippen LogP contribution in [0.3, 0.4) is 0 Å². The summed E-state index contributed by atoms with van der Waals surface area (Å²) in [6.45, 7) is 4.48. The van der Waals surface area contributed by atoms with Gasteiger partial charge in [-0.25, -0.2) is 8.42 Å². The molecule has 1 aliphatic rings. The molecule has 4 rings (SSSR count). The highest BCUT2D eigenvalue weighted by Crippen LogP contribution is 2.20. The summed E-state index contributed by atoms with van der Waals surface area (Å²) in [5, 5.41) is 3.07. The molecule has 0 atom stereocenters. The van der Waals surface area contributed by atoms with Crippen LogP contribution >= 0.6 is 0 Å². The molecule has 35 heavy (non-hydrogen) atoms. The van der Waals surface area contributed by atoms with Crippen LogP contribution in [0, 0.1) is 6.92 Å². The maximum Gasteiger partial charge on any atom is 0.261 e. The Kier molecular flexibility index (Phi) is 7.73. The number of hydrogen-bond acceptors (Lipinski definition) is 5. The number of carbonyl (C=O) groups excluding carboxylic acids is 1. The fourth-order valence-electron chi connectivity index (χ4n) is 4.26. The normalized spacial score (nSPS) is 14.9. The van der Waals surface area contributed by atoms with Crippen molar-refractivity contribution in [2.45, 2.75) is 37.2 Å². The molecule has 0 aliphatic carbocycles. The van der Waals surface area contributed by atoms with Gasteiger partial charge in [-0.15, -0.1) is 0 Å². The number of rotatable bonds is 8. The van der Waals surface area contributed by atoms with Crippen molar-refractivity contribution in [2.75, 3.05) is 24.9 Å². The molecule has 1 heterocycles. The molecule has 7 nitrogen and oxygen atoms in total. The van der Waals surface area contributed by atoms with Gasteiger partial charge in [-0.2, -0.15) is 0 Å². The molecule has 2 N–H and O–H groups in total. The van der Waals surface area contributed by atoms with E-state index in [4.69, 9.17) is 4.74 Å². The lowest BCUT2D eigenvalue weighted by Crippen LogP contribution is -2.44. The first-order valence-electron chi connectivity index (χ1n) is 11.7. The molecule has 1 aliphatic heterocycles. The minimum Gasteiger partial charge on any atom is -0.497 e. The number of anilines is 1. The van der Waals surface area contributed by atoms with Crippen LogP contribution in [0.25, 0.3) is 0 Å². The first kappa shape index (κ1) is 24.8. The zero-order chi connectivity index (χ0) is 24.8. The first-order chi connectivity index (χ1) is 16.8. The Bertz CT molecular complexity index is 1280. The molecule has 0 spiro atoms. The molecule has 0 unspecified atom stereocenters. The zero-order valence-electron chi connectivity index (χ0n) is 20.0. The first-order valence-corrected chi connectivity index (χ1v) is 13.2. The average molecular weight is 494 g/mol. The highest BCUT2D eigenvalue weighted by molar-refractivity contribution is 7.92. The molecule has 3 aromatic carbocycles. The van der Waals surface area contributed by atoms with Crippen molar-refractivity contribution in [3.63, 3.8) is 0 Å². The maximum absolute atomic E-state index is 12.9. The number of methoxy groups -OCH3 is 1. The van der Waals surface area contributed by atoms with Crippen LogP contribution < -0.4 is 14.8 Å². The third-order valence-electron chi connectivity index (χ3n) is 6.14. The van der Waals surface area contributed by atoms with Crippen LogP contribution in [0.5, 0.6) is 5.75 Å². The van der Waals surface area contributed by atoms with Gasteiger partial charge in [-0.05, 0) is 73.4 Å². The van der Waals surface area contributed by atoms with E-state index in [9.17, 15) is 13.2 Å². The minimum absolute atomic E-state index is 0.0507. The SMILES string of the molecule is COc1cccc(CN2CCC(NC(=O)c3cccc(S(=O)(=O)Nc4cccc(C)c4)c3)CC2)c1. The van der Waals surface area contributed by atoms with Gasteiger partial charge in [0.15, 0.2) is 0 Å². The molecule has 1 saturated heterocycles. The van der Waals surface area contributed by atoms with E-state index in [0.717, 1.165) is 43.8 Å². The monoisotopic (exact) mass is 493 g/mol. The average Bonchev–Trinajstić information content (AvgIpc) is 2.85. The highest BCUT2D eigenvalue weighted by atomic mass is 32.2. The van der Waals surface area contributed by atoms with E-state index in [1.807, 2.05) is 31.2 Å². The molecular formula is C27H31N3O4S. The molecule has 8 heteroatoms. The van der Waals surface area contributed by atoms with E-state index in [2.05, 4.69) is 21.0 Å². The Morgan fingerprint density at radius 2 is 1.74 bits per heavy atom. The number of nitrogens with zero attached hydrogens (tertiary/aromatic N) is 1. The largest absolute Gasteiger partial charge is 0.497 e. The lowest BCUT2D eigenvalue weighted by atomic mass is 10.0. The van der Waals surface area contributed by atoms with Crippen molar-refractivity contribution in [1.82, 2.24) is 10.2 Å². The number of ether oxygens (including phenoxy) is 1. The predicted molar refractivity (Wildman–Crippen MR) is 137 cm³/mol. The van der Waals surface area contributed by atoms with Gasteiger partial charge in [0.05, 0.1) is 12.0 Å². The van der Waals surface area contributed by atoms with Crippen LogP contribution in [0.1, 0.15) is 34.3 Å². The number of hydrogen-bond donors (Lipinski definition) is 2. The number of nitrogens with one attached hydrogen (secondary N) is 2. The number of benzene rings is 3. The van der Waals surface area contributed by atoms with Crippen molar-refractivity contribution >= 4 is 21.6 Å². The second-order valence-electron chi connectivity index (χ2n) is 8.88. The molecule has 0 aromatic heterocycles. The minimum atomic E-state index is -3.81. The fraction of sp³-hybridized carbons (Fsp3) is 0.296. The molecule has 3 aromatic rings. The summed E-state index contributed by atoms with van der Waals surface area (Å²) in [5.41, 5.74) is 2.97. The van der Waals surface area contributed by atoms with Gasteiger partial charge in [0.1, 0.15) is 5.75 Å². The van der Waals surface area contributed by atoms with Gasteiger partial charge in [0, 0.05) is 36.9 Å². The Labute approximate surface area is 207 Å². The summed E-state index contributed by atoms with van der Waals surface area (Å²) in [6, 6.07) is 21.4. The predicted octanol–water partition coefficient (Wildman–Crippen LogP) is 4.20. The number of carbonyl (C=O) groups is 1. The standard InChI is InChI=1S/C27H31N3O4S/c1-20-6-3-9-24(16-20)29-35(32,33)26-11-5-8-22(18-26)27(31)28-23-12-14-30(15-13-23)19-21-7-4-10-25(17-21)34-2/h3-11,16-18,23,29H,12-15,19H2,1-2H3,(H,28,31). The van der Waals surface area contributed by atoms with Gasteiger partial charge >= 0.3 is 0 Å². The summed E-state index contributed by atoms with van der Waals surface area (Å²) >= 11 is 0. The molecule has 184 valence electrons. The van der Waals surface area contributed by atoms with E-state index in [1.54, 1.807) is 37.4 Å². The fourth-order valence-corrected chi connectivity index (χ4v) is 5.36.